The second-order valence-electron chi connectivity index (χ2n) is 5.84. The van der Waals surface area contributed by atoms with Gasteiger partial charge in [-0.1, -0.05) is 18.2 Å². The largest absolute Gasteiger partial charge is 0.452 e. The third-order valence-corrected chi connectivity index (χ3v) is 6.45. The summed E-state index contributed by atoms with van der Waals surface area (Å²) >= 11 is 1.01. The average Bonchev–Trinajstić information content (AvgIpc) is 3.25. The van der Waals surface area contributed by atoms with E-state index in [1.165, 1.54) is 30.3 Å². The van der Waals surface area contributed by atoms with Crippen LogP contribution in [0.3, 0.4) is 0 Å². The fourth-order valence-electron chi connectivity index (χ4n) is 2.34. The van der Waals surface area contributed by atoms with Gasteiger partial charge in [0.2, 0.25) is 0 Å². The summed E-state index contributed by atoms with van der Waals surface area (Å²) in [4.78, 5) is 24.2. The summed E-state index contributed by atoms with van der Waals surface area (Å²) in [6, 6.07) is 11.5. The average molecular weight is 452 g/mol. The van der Waals surface area contributed by atoms with Crippen molar-refractivity contribution in [2.45, 2.75) is 4.21 Å². The van der Waals surface area contributed by atoms with E-state index in [-0.39, 0.29) is 21.1 Å². The van der Waals surface area contributed by atoms with E-state index in [0.717, 1.165) is 29.5 Å². The van der Waals surface area contributed by atoms with E-state index in [4.69, 9.17) is 4.74 Å². The van der Waals surface area contributed by atoms with Gasteiger partial charge in [-0.2, -0.15) is 0 Å². The highest BCUT2D eigenvalue weighted by atomic mass is 32.2. The van der Waals surface area contributed by atoms with Crippen molar-refractivity contribution in [2.75, 3.05) is 16.6 Å². The fraction of sp³-hybridized carbons (Fsp3) is 0.0526. The van der Waals surface area contributed by atoms with Crippen molar-refractivity contribution in [3.05, 3.63) is 77.2 Å². The number of amides is 1. The number of rotatable bonds is 7. The number of hydrogen-bond acceptors (Lipinski definition) is 6. The van der Waals surface area contributed by atoms with Crippen molar-refractivity contribution in [1.29, 1.82) is 0 Å². The minimum absolute atomic E-state index is 0.0148. The van der Waals surface area contributed by atoms with Crippen molar-refractivity contribution in [1.82, 2.24) is 0 Å². The lowest BCUT2D eigenvalue weighted by atomic mass is 10.2. The fourth-order valence-corrected chi connectivity index (χ4v) is 4.41. The maximum absolute atomic E-state index is 13.2. The number of carbonyl (C=O) groups is 2. The Balaban J connectivity index is 1.66. The number of nitrogens with one attached hydrogen (secondary N) is 2. The molecular weight excluding hydrogens is 438 g/mol. The van der Waals surface area contributed by atoms with Gasteiger partial charge < -0.3 is 10.1 Å². The molecule has 0 saturated heterocycles. The third kappa shape index (κ3) is 5.19. The zero-order valence-electron chi connectivity index (χ0n) is 15.1. The van der Waals surface area contributed by atoms with Crippen LogP contribution in [0.15, 0.2) is 64.2 Å². The van der Waals surface area contributed by atoms with Gasteiger partial charge in [0.15, 0.2) is 18.2 Å². The molecule has 1 aromatic heterocycles. The van der Waals surface area contributed by atoms with E-state index >= 15 is 0 Å². The summed E-state index contributed by atoms with van der Waals surface area (Å²) in [5.74, 6) is -3.94. The number of carbonyl (C=O) groups excluding carboxylic acids is 2. The van der Waals surface area contributed by atoms with Crippen LogP contribution in [0.25, 0.3) is 0 Å². The van der Waals surface area contributed by atoms with Crippen LogP contribution in [-0.2, 0) is 19.6 Å². The van der Waals surface area contributed by atoms with E-state index in [1.54, 1.807) is 11.4 Å². The SMILES string of the molecule is O=C(COC(=O)c1ccccc1NS(=O)(=O)c1cccs1)Nc1ccc(F)c(F)c1. The highest BCUT2D eigenvalue weighted by Crippen LogP contribution is 2.23. The highest BCUT2D eigenvalue weighted by Gasteiger charge is 2.20. The number of hydrogen-bond donors (Lipinski definition) is 2. The van der Waals surface area contributed by atoms with E-state index in [1.807, 2.05) is 0 Å². The van der Waals surface area contributed by atoms with Gasteiger partial charge in [-0.05, 0) is 35.7 Å². The summed E-state index contributed by atoms with van der Waals surface area (Å²) in [7, 11) is -3.89. The van der Waals surface area contributed by atoms with E-state index in [9.17, 15) is 26.8 Å². The summed E-state index contributed by atoms with van der Waals surface area (Å²) < 4.78 is 58.2. The summed E-state index contributed by atoms with van der Waals surface area (Å²) in [6.45, 7) is -0.718. The molecule has 0 aliphatic heterocycles. The number of benzene rings is 2. The first-order valence-electron chi connectivity index (χ1n) is 8.33. The molecule has 3 aromatic rings. The molecule has 156 valence electrons. The number of sulfonamides is 1. The van der Waals surface area contributed by atoms with Gasteiger partial charge in [-0.15, -0.1) is 11.3 Å². The molecule has 0 atom stereocenters. The monoisotopic (exact) mass is 452 g/mol. The molecule has 2 N–H and O–H groups in total. The number of esters is 1. The number of ether oxygens (including phenoxy) is 1. The maximum Gasteiger partial charge on any atom is 0.340 e. The topological polar surface area (TPSA) is 102 Å². The molecule has 0 bridgehead atoms. The number of thiophene rings is 1. The van der Waals surface area contributed by atoms with Crippen LogP contribution in [0.4, 0.5) is 20.2 Å². The molecule has 30 heavy (non-hydrogen) atoms. The Kier molecular flexibility index (Phi) is 6.43. The predicted octanol–water partition coefficient (Wildman–Crippen LogP) is 3.62. The molecule has 11 heteroatoms. The van der Waals surface area contributed by atoms with Gasteiger partial charge in [0.05, 0.1) is 11.3 Å². The van der Waals surface area contributed by atoms with Crippen LogP contribution in [0.2, 0.25) is 0 Å². The van der Waals surface area contributed by atoms with Gasteiger partial charge in [0.25, 0.3) is 15.9 Å². The summed E-state index contributed by atoms with van der Waals surface area (Å²) in [5, 5.41) is 3.85. The number of anilines is 2. The molecular formula is C19H14F2N2O5S2. The van der Waals surface area contributed by atoms with Crippen LogP contribution >= 0.6 is 11.3 Å². The van der Waals surface area contributed by atoms with Gasteiger partial charge in [-0.25, -0.2) is 22.0 Å². The minimum atomic E-state index is -3.89. The van der Waals surface area contributed by atoms with E-state index in [2.05, 4.69) is 10.0 Å². The standard InChI is InChI=1S/C19H14F2N2O5S2/c20-14-8-7-12(10-15(14)21)22-17(24)11-28-19(25)13-4-1-2-5-16(13)23-30(26,27)18-6-3-9-29-18/h1-10,23H,11H2,(H,22,24). The Morgan fingerprint density at radius 2 is 1.77 bits per heavy atom. The van der Waals surface area contributed by atoms with Gasteiger partial charge in [0.1, 0.15) is 4.21 Å². The molecule has 3 rings (SSSR count). The molecule has 2 aromatic carbocycles. The van der Waals surface area contributed by atoms with Crippen LogP contribution in [0, 0.1) is 11.6 Å². The smallest absolute Gasteiger partial charge is 0.340 e. The van der Waals surface area contributed by atoms with Gasteiger partial charge in [-0.3, -0.25) is 9.52 Å². The molecule has 0 unspecified atom stereocenters. The van der Waals surface area contributed by atoms with Crippen LogP contribution in [0.5, 0.6) is 0 Å². The minimum Gasteiger partial charge on any atom is -0.452 e. The first-order valence-corrected chi connectivity index (χ1v) is 10.7. The van der Waals surface area contributed by atoms with E-state index < -0.39 is 40.1 Å². The molecule has 0 saturated carbocycles. The molecule has 0 radical (unpaired) electrons. The molecule has 0 aliphatic rings. The molecule has 0 aliphatic carbocycles. The quantitative estimate of drug-likeness (QED) is 0.533. The second kappa shape index (κ2) is 9.01. The predicted molar refractivity (Wildman–Crippen MR) is 107 cm³/mol. The Morgan fingerprint density at radius 3 is 2.47 bits per heavy atom. The Morgan fingerprint density at radius 1 is 1.00 bits per heavy atom. The first kappa shape index (κ1) is 21.4. The van der Waals surface area contributed by atoms with Crippen LogP contribution in [0.1, 0.15) is 10.4 Å². The summed E-state index contributed by atoms with van der Waals surface area (Å²) in [6.07, 6.45) is 0. The number of para-hydroxylation sites is 1. The number of halogens is 2. The van der Waals surface area contributed by atoms with Gasteiger partial charge >= 0.3 is 5.97 Å². The van der Waals surface area contributed by atoms with Crippen molar-refractivity contribution in [3.8, 4) is 0 Å². The lowest BCUT2D eigenvalue weighted by molar-refractivity contribution is -0.119. The second-order valence-corrected chi connectivity index (χ2v) is 8.69. The Bertz CT molecular complexity index is 1180. The maximum atomic E-state index is 13.2. The lowest BCUT2D eigenvalue weighted by Crippen LogP contribution is -2.22. The van der Waals surface area contributed by atoms with E-state index in [0.29, 0.717) is 0 Å². The van der Waals surface area contributed by atoms with Crippen molar-refractivity contribution in [2.24, 2.45) is 0 Å². The zero-order chi connectivity index (χ0) is 21.7. The summed E-state index contributed by atoms with van der Waals surface area (Å²) in [5.41, 5.74) is -0.130. The highest BCUT2D eigenvalue weighted by molar-refractivity contribution is 7.94. The lowest BCUT2D eigenvalue weighted by Gasteiger charge is -2.11. The Labute approximate surface area is 174 Å². The molecule has 1 heterocycles. The molecule has 0 fully saturated rings. The van der Waals surface area contributed by atoms with Crippen LogP contribution in [-0.4, -0.2) is 26.9 Å². The van der Waals surface area contributed by atoms with Gasteiger partial charge in [0, 0.05) is 11.8 Å². The zero-order valence-corrected chi connectivity index (χ0v) is 16.7. The van der Waals surface area contributed by atoms with Crippen LogP contribution < -0.4 is 10.0 Å². The molecule has 1 amide bonds. The van der Waals surface area contributed by atoms with Crippen molar-refractivity contribution >= 4 is 44.6 Å². The molecule has 7 nitrogen and oxygen atoms in total. The Hall–Kier alpha value is -3.31. The first-order chi connectivity index (χ1) is 14.3. The van der Waals surface area contributed by atoms with Crippen molar-refractivity contribution in [3.63, 3.8) is 0 Å². The third-order valence-electron chi connectivity index (χ3n) is 3.69. The van der Waals surface area contributed by atoms with Crippen molar-refractivity contribution < 1.29 is 31.5 Å². The normalized spacial score (nSPS) is 11.0. The molecule has 0 spiro atoms.